The summed E-state index contributed by atoms with van der Waals surface area (Å²) in [6.07, 6.45) is 3.44. The third-order valence-electron chi connectivity index (χ3n) is 2.24. The molecule has 0 saturated carbocycles. The largest absolute Gasteiger partial charge is 0.344 e. The highest BCUT2D eigenvalue weighted by atomic mass is 35.5. The number of likely N-dealkylation sites (N-methyl/N-ethyl adjacent to an activating group) is 1. The number of carbonyl (C=O) groups excluding carboxylic acids is 1. The lowest BCUT2D eigenvalue weighted by molar-refractivity contribution is -0.132. The molecule has 1 fully saturated rings. The van der Waals surface area contributed by atoms with Gasteiger partial charge in [-0.1, -0.05) is 17.7 Å². The molecule has 0 aromatic rings. The van der Waals surface area contributed by atoms with Crippen LogP contribution in [-0.2, 0) is 4.79 Å². The van der Waals surface area contributed by atoms with Crippen molar-refractivity contribution in [3.05, 3.63) is 11.6 Å². The summed E-state index contributed by atoms with van der Waals surface area (Å²) in [5, 5.41) is 3.31. The highest BCUT2D eigenvalue weighted by molar-refractivity contribution is 6.25. The Morgan fingerprint density at radius 3 is 3.15 bits per heavy atom. The predicted molar refractivity (Wildman–Crippen MR) is 53.7 cm³/mol. The number of likely N-dealkylation sites (tertiary alicyclic amines) is 1. The molecule has 1 N–H and O–H groups in total. The van der Waals surface area contributed by atoms with Crippen molar-refractivity contribution in [1.29, 1.82) is 0 Å². The average molecular weight is 203 g/mol. The van der Waals surface area contributed by atoms with Crippen LogP contribution in [0.15, 0.2) is 11.6 Å². The highest BCUT2D eigenvalue weighted by Gasteiger charge is 2.21. The summed E-state index contributed by atoms with van der Waals surface area (Å²) in [6, 6.07) is 0.413. The summed E-state index contributed by atoms with van der Waals surface area (Å²) in [6.45, 7) is 1.57. The minimum atomic E-state index is 0.242. The minimum Gasteiger partial charge on any atom is -0.344 e. The van der Waals surface area contributed by atoms with Crippen LogP contribution in [0, 0.1) is 0 Å². The zero-order valence-electron chi connectivity index (χ0n) is 7.79. The molecule has 0 radical (unpaired) electrons. The molecule has 1 atom stereocenters. The Morgan fingerprint density at radius 2 is 2.54 bits per heavy atom. The van der Waals surface area contributed by atoms with Gasteiger partial charge in [0.15, 0.2) is 0 Å². The average Bonchev–Trinajstić information content (AvgIpc) is 2.12. The van der Waals surface area contributed by atoms with Crippen LogP contribution in [0.4, 0.5) is 0 Å². The summed E-state index contributed by atoms with van der Waals surface area (Å²) in [7, 11) is 1.84. The molecular weight excluding hydrogens is 188 g/mol. The summed E-state index contributed by atoms with van der Waals surface area (Å²) >= 11 is 5.39. The van der Waals surface area contributed by atoms with Gasteiger partial charge >= 0.3 is 0 Å². The fraction of sp³-hybridized carbons (Fsp3) is 0.667. The van der Waals surface area contributed by atoms with Crippen molar-refractivity contribution in [3.63, 3.8) is 0 Å². The first-order chi connectivity index (χ1) is 6.24. The molecule has 0 aromatic heterocycles. The van der Waals surface area contributed by atoms with Gasteiger partial charge in [-0.3, -0.25) is 4.79 Å². The Morgan fingerprint density at radius 1 is 1.77 bits per heavy atom. The van der Waals surface area contributed by atoms with E-state index in [0.29, 0.717) is 12.5 Å². The van der Waals surface area contributed by atoms with Gasteiger partial charge in [0.05, 0.1) is 0 Å². The van der Waals surface area contributed by atoms with Crippen LogP contribution >= 0.6 is 11.6 Å². The molecule has 13 heavy (non-hydrogen) atoms. The van der Waals surface area contributed by atoms with E-state index in [1.807, 2.05) is 13.1 Å². The van der Waals surface area contributed by atoms with Crippen molar-refractivity contribution < 1.29 is 4.79 Å². The van der Waals surface area contributed by atoms with Gasteiger partial charge < -0.3 is 10.2 Å². The first-order valence-corrected chi connectivity index (χ1v) is 4.90. The summed E-state index contributed by atoms with van der Waals surface area (Å²) in [5.41, 5.74) is 1.50. The number of hydrogen-bond donors (Lipinski definition) is 1. The zero-order valence-corrected chi connectivity index (χ0v) is 8.55. The Balaban J connectivity index is 2.25. The number of nitrogens with one attached hydrogen (secondary N) is 1. The second-order valence-electron chi connectivity index (χ2n) is 3.28. The van der Waals surface area contributed by atoms with Crippen LogP contribution in [0.5, 0.6) is 0 Å². The lowest BCUT2D eigenvalue weighted by Gasteiger charge is -2.29. The molecule has 1 rings (SSSR count). The Kier molecular flexibility index (Phi) is 4.25. The van der Waals surface area contributed by atoms with Crippen molar-refractivity contribution in [2.75, 3.05) is 20.1 Å². The number of hydrogen-bond acceptors (Lipinski definition) is 2. The minimum absolute atomic E-state index is 0.242. The molecule has 1 heterocycles. The van der Waals surface area contributed by atoms with Crippen molar-refractivity contribution >= 4 is 17.5 Å². The molecule has 0 spiro atoms. The third kappa shape index (κ3) is 3.36. The zero-order chi connectivity index (χ0) is 9.68. The number of nitrogens with zero attached hydrogens (tertiary/aromatic N) is 1. The maximum atomic E-state index is 11.1. The number of piperidine rings is 1. The van der Waals surface area contributed by atoms with Crippen molar-refractivity contribution in [3.8, 4) is 0 Å². The van der Waals surface area contributed by atoms with E-state index in [9.17, 15) is 4.79 Å². The van der Waals surface area contributed by atoms with Gasteiger partial charge in [-0.25, -0.2) is 0 Å². The predicted octanol–water partition coefficient (Wildman–Crippen LogP) is 0.949. The van der Waals surface area contributed by atoms with Crippen LogP contribution in [-0.4, -0.2) is 37.0 Å². The summed E-state index contributed by atoms with van der Waals surface area (Å²) in [5.74, 6) is 0.242. The number of amides is 1. The SMILES string of the molecule is CN1CC(NC/C=C/Cl)CCC1=O. The van der Waals surface area contributed by atoms with E-state index in [0.717, 1.165) is 19.5 Å². The molecule has 74 valence electrons. The van der Waals surface area contributed by atoms with Gasteiger partial charge in [-0.05, 0) is 6.42 Å². The van der Waals surface area contributed by atoms with Crippen LogP contribution in [0.1, 0.15) is 12.8 Å². The van der Waals surface area contributed by atoms with E-state index in [1.54, 1.807) is 4.90 Å². The third-order valence-corrected chi connectivity index (χ3v) is 2.42. The Hall–Kier alpha value is -0.540. The van der Waals surface area contributed by atoms with E-state index in [4.69, 9.17) is 11.6 Å². The molecule has 3 nitrogen and oxygen atoms in total. The van der Waals surface area contributed by atoms with Gasteiger partial charge in [0, 0.05) is 38.1 Å². The topological polar surface area (TPSA) is 32.3 Å². The quantitative estimate of drug-likeness (QED) is 0.739. The lowest BCUT2D eigenvalue weighted by Crippen LogP contribution is -2.46. The van der Waals surface area contributed by atoms with Crippen molar-refractivity contribution in [1.82, 2.24) is 10.2 Å². The number of halogens is 1. The van der Waals surface area contributed by atoms with Gasteiger partial charge in [0.25, 0.3) is 0 Å². The molecule has 0 bridgehead atoms. The fourth-order valence-electron chi connectivity index (χ4n) is 1.46. The number of rotatable bonds is 3. The van der Waals surface area contributed by atoms with Crippen LogP contribution in [0.25, 0.3) is 0 Å². The monoisotopic (exact) mass is 202 g/mol. The van der Waals surface area contributed by atoms with Gasteiger partial charge in [0.1, 0.15) is 0 Å². The van der Waals surface area contributed by atoms with E-state index in [1.165, 1.54) is 5.54 Å². The Bertz CT molecular complexity index is 206. The first-order valence-electron chi connectivity index (χ1n) is 4.46. The van der Waals surface area contributed by atoms with E-state index in [-0.39, 0.29) is 5.91 Å². The summed E-state index contributed by atoms with van der Waals surface area (Å²) < 4.78 is 0. The Labute approximate surface area is 83.7 Å². The lowest BCUT2D eigenvalue weighted by atomic mass is 10.1. The van der Waals surface area contributed by atoms with Gasteiger partial charge in [0.2, 0.25) is 5.91 Å². The fourth-order valence-corrected chi connectivity index (χ4v) is 1.55. The molecule has 0 aromatic carbocycles. The van der Waals surface area contributed by atoms with E-state index in [2.05, 4.69) is 5.32 Å². The van der Waals surface area contributed by atoms with Gasteiger partial charge in [-0.2, -0.15) is 0 Å². The molecule has 1 aliphatic rings. The number of carbonyl (C=O) groups is 1. The highest BCUT2D eigenvalue weighted by Crippen LogP contribution is 2.08. The van der Waals surface area contributed by atoms with Gasteiger partial charge in [-0.15, -0.1) is 0 Å². The maximum absolute atomic E-state index is 11.1. The molecule has 4 heteroatoms. The molecule has 0 aliphatic carbocycles. The normalized spacial score (nSPS) is 24.3. The smallest absolute Gasteiger partial charge is 0.222 e. The van der Waals surface area contributed by atoms with Crippen LogP contribution in [0.3, 0.4) is 0 Å². The molecule has 1 saturated heterocycles. The molecule has 1 amide bonds. The van der Waals surface area contributed by atoms with E-state index >= 15 is 0 Å². The van der Waals surface area contributed by atoms with E-state index < -0.39 is 0 Å². The maximum Gasteiger partial charge on any atom is 0.222 e. The molecule has 1 aliphatic heterocycles. The summed E-state index contributed by atoms with van der Waals surface area (Å²) in [4.78, 5) is 12.9. The second-order valence-corrected chi connectivity index (χ2v) is 3.53. The molecular formula is C9H15ClN2O. The second kappa shape index (κ2) is 5.25. The standard InChI is InChI=1S/C9H15ClN2O/c1-12-7-8(3-4-9(12)13)11-6-2-5-10/h2,5,8,11H,3-4,6-7H2,1H3/b5-2+. The molecule has 1 unspecified atom stereocenters. The van der Waals surface area contributed by atoms with Crippen LogP contribution in [0.2, 0.25) is 0 Å². The van der Waals surface area contributed by atoms with Crippen LogP contribution < -0.4 is 5.32 Å². The van der Waals surface area contributed by atoms with Crippen molar-refractivity contribution in [2.45, 2.75) is 18.9 Å². The first kappa shape index (κ1) is 10.5. The van der Waals surface area contributed by atoms with Crippen molar-refractivity contribution in [2.24, 2.45) is 0 Å².